The molecule has 0 fully saturated rings. The van der Waals surface area contributed by atoms with E-state index in [0.717, 1.165) is 45.0 Å². The predicted octanol–water partition coefficient (Wildman–Crippen LogP) is 6.07. The molecule has 2 aromatic carbocycles. The summed E-state index contributed by atoms with van der Waals surface area (Å²) in [5.41, 5.74) is 7.55. The molecule has 0 aliphatic carbocycles. The topological polar surface area (TPSA) is 65.6 Å². The van der Waals surface area contributed by atoms with Gasteiger partial charge in [0, 0.05) is 23.5 Å². The Morgan fingerprint density at radius 2 is 0.973 bits per heavy atom. The van der Waals surface area contributed by atoms with Crippen LogP contribution in [0.2, 0.25) is 0 Å². The van der Waals surface area contributed by atoms with Crippen molar-refractivity contribution < 1.29 is 0 Å². The van der Waals surface area contributed by atoms with E-state index in [2.05, 4.69) is 49.9 Å². The van der Waals surface area contributed by atoms with Crippen LogP contribution < -0.4 is 10.6 Å². The molecule has 0 bridgehead atoms. The van der Waals surface area contributed by atoms with Crippen LogP contribution in [0.25, 0.3) is 22.3 Å². The van der Waals surface area contributed by atoms with Gasteiger partial charge >= 0.3 is 0 Å². The average molecular weight is 520 g/mol. The summed E-state index contributed by atoms with van der Waals surface area (Å²) in [6, 6.07) is 32.2. The fraction of sp³-hybridized carbons (Fsp3) is 0.0667. The van der Waals surface area contributed by atoms with E-state index in [1.165, 1.54) is 0 Å². The lowest BCUT2D eigenvalue weighted by atomic mass is 9.94. The molecule has 0 amide bonds. The van der Waals surface area contributed by atoms with Crippen molar-refractivity contribution in [1.29, 1.82) is 0 Å². The smallest absolute Gasteiger partial charge is 0.124 e. The number of H-pyrrole nitrogens is 1. The number of aromatic nitrogens is 3. The Hall–Kier alpha value is -4.20. The molecule has 0 aliphatic rings. The number of rotatable bonds is 8. The van der Waals surface area contributed by atoms with Crippen LogP contribution in [0.15, 0.2) is 109 Å². The third-order valence-corrected chi connectivity index (χ3v) is 6.59. The van der Waals surface area contributed by atoms with Gasteiger partial charge in [-0.1, -0.05) is 97.2 Å². The number of hydrogen-bond donors (Lipinski definition) is 3. The van der Waals surface area contributed by atoms with Gasteiger partial charge in [0.05, 0.1) is 35.9 Å². The molecular formula is C30H25N5S2. The molecule has 0 unspecified atom stereocenters. The number of nitrogens with zero attached hydrogens (tertiary/aromatic N) is 2. The van der Waals surface area contributed by atoms with Gasteiger partial charge in [0.25, 0.3) is 0 Å². The van der Waals surface area contributed by atoms with E-state index >= 15 is 0 Å². The van der Waals surface area contributed by atoms with Gasteiger partial charge in [-0.15, -0.1) is 0 Å². The van der Waals surface area contributed by atoms with Gasteiger partial charge in [-0.2, -0.15) is 0 Å². The summed E-state index contributed by atoms with van der Waals surface area (Å²) in [7, 11) is 0. The van der Waals surface area contributed by atoms with Gasteiger partial charge in [0.1, 0.15) is 9.98 Å². The molecule has 3 N–H and O–H groups in total. The van der Waals surface area contributed by atoms with Crippen LogP contribution in [-0.2, 0) is 13.1 Å². The molecule has 0 spiro atoms. The molecule has 3 aromatic heterocycles. The van der Waals surface area contributed by atoms with Crippen LogP contribution >= 0.6 is 24.4 Å². The zero-order valence-electron chi connectivity index (χ0n) is 20.0. The largest absolute Gasteiger partial charge is 0.369 e. The summed E-state index contributed by atoms with van der Waals surface area (Å²) in [5.74, 6) is 0. The molecule has 5 aromatic rings. The van der Waals surface area contributed by atoms with Crippen molar-refractivity contribution in [2.75, 3.05) is 0 Å². The Kier molecular flexibility index (Phi) is 7.74. The number of thiocarbonyl (C=S) groups is 2. The normalized spacial score (nSPS) is 10.6. The molecule has 0 aliphatic heterocycles. The summed E-state index contributed by atoms with van der Waals surface area (Å²) < 4.78 is 0. The Labute approximate surface area is 227 Å². The lowest BCUT2D eigenvalue weighted by Gasteiger charge is -2.12. The lowest BCUT2D eigenvalue weighted by Crippen LogP contribution is -2.25. The zero-order valence-corrected chi connectivity index (χ0v) is 21.7. The molecule has 7 heteroatoms. The second-order valence-electron chi connectivity index (χ2n) is 8.36. The Morgan fingerprint density at radius 1 is 0.568 bits per heavy atom. The van der Waals surface area contributed by atoms with Crippen LogP contribution in [0.3, 0.4) is 0 Å². The molecule has 3 heterocycles. The average Bonchev–Trinajstić information content (AvgIpc) is 3.38. The maximum absolute atomic E-state index is 5.91. The van der Waals surface area contributed by atoms with E-state index in [1.807, 2.05) is 72.8 Å². The van der Waals surface area contributed by atoms with Crippen LogP contribution in [0.5, 0.6) is 0 Å². The monoisotopic (exact) mass is 519 g/mol. The third-order valence-electron chi connectivity index (χ3n) is 5.89. The Balaban J connectivity index is 1.57. The minimum Gasteiger partial charge on any atom is -0.369 e. The summed E-state index contributed by atoms with van der Waals surface area (Å²) in [6.07, 6.45) is 3.56. The first kappa shape index (κ1) is 24.5. The molecule has 182 valence electrons. The van der Waals surface area contributed by atoms with Crippen molar-refractivity contribution in [2.24, 2.45) is 0 Å². The fourth-order valence-corrected chi connectivity index (χ4v) is 4.60. The van der Waals surface area contributed by atoms with Gasteiger partial charge in [-0.05, 0) is 35.4 Å². The number of aromatic amines is 1. The Bertz CT molecular complexity index is 1370. The van der Waals surface area contributed by atoms with E-state index in [-0.39, 0.29) is 0 Å². The van der Waals surface area contributed by atoms with Gasteiger partial charge in [-0.3, -0.25) is 9.97 Å². The summed E-state index contributed by atoms with van der Waals surface area (Å²) in [6.45, 7) is 1.04. The minimum absolute atomic E-state index is 0.519. The molecule has 0 atom stereocenters. The van der Waals surface area contributed by atoms with Crippen LogP contribution in [0.4, 0.5) is 0 Å². The SMILES string of the molecule is S=C(NCc1ccccn1)c1[nH]c(C(=S)NCc2ccccn2)c(-c2ccccc2)c1-c1ccccc1. The number of hydrogen-bond acceptors (Lipinski definition) is 4. The highest BCUT2D eigenvalue weighted by molar-refractivity contribution is 7.81. The van der Waals surface area contributed by atoms with Gasteiger partial charge < -0.3 is 15.6 Å². The number of pyridine rings is 2. The van der Waals surface area contributed by atoms with Crippen molar-refractivity contribution in [1.82, 2.24) is 25.6 Å². The van der Waals surface area contributed by atoms with Crippen molar-refractivity contribution >= 4 is 34.4 Å². The van der Waals surface area contributed by atoms with E-state index < -0.39 is 0 Å². The maximum Gasteiger partial charge on any atom is 0.124 e. The Morgan fingerprint density at radius 3 is 1.35 bits per heavy atom. The van der Waals surface area contributed by atoms with Crippen LogP contribution in [0, 0.1) is 0 Å². The third kappa shape index (κ3) is 5.80. The summed E-state index contributed by atoms with van der Waals surface area (Å²) in [4.78, 5) is 13.6. The second-order valence-corrected chi connectivity index (χ2v) is 9.18. The number of benzene rings is 2. The van der Waals surface area contributed by atoms with Crippen LogP contribution in [-0.4, -0.2) is 24.9 Å². The predicted molar refractivity (Wildman–Crippen MR) is 157 cm³/mol. The first-order valence-corrected chi connectivity index (χ1v) is 12.8. The number of nitrogens with one attached hydrogen (secondary N) is 3. The van der Waals surface area contributed by atoms with E-state index in [4.69, 9.17) is 24.4 Å². The van der Waals surface area contributed by atoms with Crippen molar-refractivity contribution in [2.45, 2.75) is 13.1 Å². The van der Waals surface area contributed by atoms with Crippen LogP contribution in [0.1, 0.15) is 22.8 Å². The van der Waals surface area contributed by atoms with Gasteiger partial charge in [-0.25, -0.2) is 0 Å². The lowest BCUT2D eigenvalue weighted by molar-refractivity contribution is 0.878. The molecule has 37 heavy (non-hydrogen) atoms. The molecule has 0 saturated carbocycles. The highest BCUT2D eigenvalue weighted by Crippen LogP contribution is 2.38. The van der Waals surface area contributed by atoms with Crippen molar-refractivity contribution in [3.8, 4) is 22.3 Å². The minimum atomic E-state index is 0.519. The van der Waals surface area contributed by atoms with Crippen molar-refractivity contribution in [3.05, 3.63) is 132 Å². The molecule has 0 radical (unpaired) electrons. The summed E-state index contributed by atoms with van der Waals surface area (Å²) in [5, 5.41) is 6.76. The maximum atomic E-state index is 5.91. The van der Waals surface area contributed by atoms with Gasteiger partial charge in [0.15, 0.2) is 0 Å². The van der Waals surface area contributed by atoms with E-state index in [0.29, 0.717) is 23.1 Å². The molecule has 5 rings (SSSR count). The van der Waals surface area contributed by atoms with E-state index in [9.17, 15) is 0 Å². The quantitative estimate of drug-likeness (QED) is 0.216. The first-order chi connectivity index (χ1) is 18.2. The molecule has 5 nitrogen and oxygen atoms in total. The highest BCUT2D eigenvalue weighted by Gasteiger charge is 2.24. The van der Waals surface area contributed by atoms with Gasteiger partial charge in [0.2, 0.25) is 0 Å². The zero-order chi connectivity index (χ0) is 25.5. The standard InChI is InChI=1S/C30H25N5S2/c36-29(33-19-23-15-7-9-17-31-23)27-25(21-11-3-1-4-12-21)26(22-13-5-2-6-14-22)28(35-27)30(37)34-20-24-16-8-10-18-32-24/h1-18,35H,19-20H2,(H,33,36)(H,34,37). The fourth-order valence-electron chi connectivity index (χ4n) is 4.15. The molecule has 0 saturated heterocycles. The first-order valence-electron chi connectivity index (χ1n) is 11.9. The molecular weight excluding hydrogens is 494 g/mol. The van der Waals surface area contributed by atoms with E-state index in [1.54, 1.807) is 12.4 Å². The second kappa shape index (κ2) is 11.7. The van der Waals surface area contributed by atoms with Crippen molar-refractivity contribution in [3.63, 3.8) is 0 Å². The highest BCUT2D eigenvalue weighted by atomic mass is 32.1. The summed E-state index contributed by atoms with van der Waals surface area (Å²) >= 11 is 11.8.